The molecule has 6 heteroatoms. The molecule has 1 aliphatic carbocycles. The molecule has 0 saturated heterocycles. The van der Waals surface area contributed by atoms with Crippen LogP contribution < -0.4 is 0 Å². The summed E-state index contributed by atoms with van der Waals surface area (Å²) in [6.45, 7) is 3.04. The van der Waals surface area contributed by atoms with Gasteiger partial charge in [-0.3, -0.25) is 4.57 Å². The molecule has 0 N–H and O–H groups in total. The maximum absolute atomic E-state index is 13.1. The van der Waals surface area contributed by atoms with Crippen molar-refractivity contribution in [2.75, 3.05) is 0 Å². The van der Waals surface area contributed by atoms with Crippen LogP contribution in [0, 0.1) is 12.8 Å². The van der Waals surface area contributed by atoms with Crippen molar-refractivity contribution >= 4 is 11.3 Å². The van der Waals surface area contributed by atoms with Gasteiger partial charge in [-0.1, -0.05) is 6.08 Å². The van der Waals surface area contributed by atoms with E-state index in [9.17, 15) is 4.39 Å². The number of allylic oxidation sites excluding steroid dienone is 4. The van der Waals surface area contributed by atoms with Crippen molar-refractivity contribution in [1.29, 1.82) is 0 Å². The molecule has 0 amide bonds. The van der Waals surface area contributed by atoms with Crippen molar-refractivity contribution in [3.8, 4) is 5.00 Å². The number of hydrogen-bond donors (Lipinski definition) is 0. The number of aromatic nitrogens is 3. The summed E-state index contributed by atoms with van der Waals surface area (Å²) in [5, 5.41) is 11.7. The lowest BCUT2D eigenvalue weighted by Gasteiger charge is -2.14. The predicted molar refractivity (Wildman–Crippen MR) is 82.6 cm³/mol. The average Bonchev–Trinajstić information content (AvgIpc) is 3.00. The third kappa shape index (κ3) is 2.32. The van der Waals surface area contributed by atoms with Gasteiger partial charge in [0, 0.05) is 5.56 Å². The van der Waals surface area contributed by atoms with Crippen LogP contribution in [0.4, 0.5) is 4.39 Å². The normalized spacial score (nSPS) is 20.3. The lowest BCUT2D eigenvalue weighted by molar-refractivity contribution is 0.104. The molecule has 0 spiro atoms. The molecule has 0 radical (unpaired) electrons. The first-order chi connectivity index (χ1) is 10.7. The summed E-state index contributed by atoms with van der Waals surface area (Å²) in [7, 11) is 0. The molecule has 3 heterocycles. The van der Waals surface area contributed by atoms with Gasteiger partial charge in [0.2, 0.25) is 0 Å². The van der Waals surface area contributed by atoms with Crippen LogP contribution in [0.3, 0.4) is 0 Å². The van der Waals surface area contributed by atoms with Gasteiger partial charge in [-0.15, -0.1) is 21.5 Å². The Morgan fingerprint density at radius 1 is 1.41 bits per heavy atom. The number of halogens is 1. The van der Waals surface area contributed by atoms with Crippen molar-refractivity contribution in [2.45, 2.75) is 33.0 Å². The van der Waals surface area contributed by atoms with Gasteiger partial charge in [0.05, 0.1) is 6.61 Å². The van der Waals surface area contributed by atoms with Crippen LogP contribution in [0.2, 0.25) is 0 Å². The minimum Gasteiger partial charge on any atom is -0.369 e. The largest absolute Gasteiger partial charge is 0.369 e. The Kier molecular flexibility index (Phi) is 3.43. The van der Waals surface area contributed by atoms with Crippen molar-refractivity contribution < 1.29 is 9.13 Å². The number of nitrogens with zero attached hydrogens (tertiary/aromatic N) is 3. The maximum Gasteiger partial charge on any atom is 0.164 e. The highest BCUT2D eigenvalue weighted by atomic mass is 32.1. The lowest BCUT2D eigenvalue weighted by Crippen LogP contribution is -2.05. The molecular weight excluding hydrogens is 301 g/mol. The monoisotopic (exact) mass is 317 g/mol. The van der Waals surface area contributed by atoms with E-state index in [-0.39, 0.29) is 5.83 Å². The van der Waals surface area contributed by atoms with Gasteiger partial charge in [-0.2, -0.15) is 0 Å². The summed E-state index contributed by atoms with van der Waals surface area (Å²) in [6.07, 6.45) is 6.86. The van der Waals surface area contributed by atoms with E-state index in [1.165, 1.54) is 11.1 Å². The van der Waals surface area contributed by atoms with Crippen molar-refractivity contribution in [3.63, 3.8) is 0 Å². The zero-order valence-electron chi connectivity index (χ0n) is 12.3. The number of rotatable bonds is 2. The molecule has 0 saturated carbocycles. The average molecular weight is 317 g/mol. The first kappa shape index (κ1) is 13.8. The topological polar surface area (TPSA) is 39.9 Å². The van der Waals surface area contributed by atoms with Crippen molar-refractivity contribution in [1.82, 2.24) is 14.8 Å². The molecular formula is C16H16FN3OS. The highest BCUT2D eigenvalue weighted by molar-refractivity contribution is 7.12. The van der Waals surface area contributed by atoms with Crippen LogP contribution >= 0.6 is 11.3 Å². The highest BCUT2D eigenvalue weighted by Gasteiger charge is 2.23. The van der Waals surface area contributed by atoms with E-state index < -0.39 is 0 Å². The van der Waals surface area contributed by atoms with E-state index in [1.54, 1.807) is 23.5 Å². The quantitative estimate of drug-likeness (QED) is 0.849. The Bertz CT molecular complexity index is 774. The van der Waals surface area contributed by atoms with Crippen molar-refractivity contribution in [2.24, 2.45) is 5.92 Å². The molecule has 1 unspecified atom stereocenters. The van der Waals surface area contributed by atoms with Gasteiger partial charge in [0.1, 0.15) is 23.3 Å². The first-order valence-corrected chi connectivity index (χ1v) is 8.22. The van der Waals surface area contributed by atoms with Gasteiger partial charge in [-0.05, 0) is 48.8 Å². The minimum absolute atomic E-state index is 0.131. The number of aryl methyl sites for hydroxylation is 1. The summed E-state index contributed by atoms with van der Waals surface area (Å²) in [6, 6.07) is 0. The van der Waals surface area contributed by atoms with E-state index in [1.807, 2.05) is 13.0 Å². The molecule has 2 aromatic rings. The fourth-order valence-electron chi connectivity index (χ4n) is 3.00. The van der Waals surface area contributed by atoms with Crippen LogP contribution in [-0.4, -0.2) is 14.8 Å². The fraction of sp³-hybridized carbons (Fsp3) is 0.375. The number of hydrogen-bond acceptors (Lipinski definition) is 4. The van der Waals surface area contributed by atoms with Crippen LogP contribution in [0.25, 0.3) is 5.00 Å². The van der Waals surface area contributed by atoms with E-state index in [2.05, 4.69) is 20.1 Å². The highest BCUT2D eigenvalue weighted by Crippen LogP contribution is 2.34. The molecule has 4 rings (SSSR count). The van der Waals surface area contributed by atoms with Crippen LogP contribution in [0.5, 0.6) is 0 Å². The van der Waals surface area contributed by atoms with Gasteiger partial charge < -0.3 is 4.74 Å². The summed E-state index contributed by atoms with van der Waals surface area (Å²) >= 11 is 1.71. The molecule has 2 aliphatic rings. The molecule has 114 valence electrons. The zero-order chi connectivity index (χ0) is 15.1. The Balaban J connectivity index is 1.67. The third-order valence-electron chi connectivity index (χ3n) is 4.16. The minimum atomic E-state index is -0.131. The molecule has 22 heavy (non-hydrogen) atoms. The summed E-state index contributed by atoms with van der Waals surface area (Å²) in [4.78, 5) is 0. The maximum atomic E-state index is 13.1. The van der Waals surface area contributed by atoms with Gasteiger partial charge in [0.25, 0.3) is 0 Å². The summed E-state index contributed by atoms with van der Waals surface area (Å²) < 4.78 is 20.9. The fourth-order valence-corrected chi connectivity index (χ4v) is 4.17. The van der Waals surface area contributed by atoms with Gasteiger partial charge in [-0.25, -0.2) is 4.39 Å². The predicted octanol–water partition coefficient (Wildman–Crippen LogP) is 3.64. The number of fused-ring (bicyclic) bond motifs is 3. The summed E-state index contributed by atoms with van der Waals surface area (Å²) in [5.74, 6) is 1.96. The Labute approximate surface area is 131 Å². The molecule has 1 atom stereocenters. The third-order valence-corrected chi connectivity index (χ3v) is 5.21. The number of thiophene rings is 1. The second-order valence-corrected chi connectivity index (χ2v) is 6.54. The first-order valence-electron chi connectivity index (χ1n) is 7.34. The van der Waals surface area contributed by atoms with Crippen molar-refractivity contribution in [3.05, 3.63) is 52.2 Å². The van der Waals surface area contributed by atoms with E-state index in [0.29, 0.717) is 19.1 Å². The molecule has 0 fully saturated rings. The van der Waals surface area contributed by atoms with Gasteiger partial charge >= 0.3 is 0 Å². The molecule has 4 nitrogen and oxygen atoms in total. The smallest absolute Gasteiger partial charge is 0.164 e. The number of ether oxygens (including phenoxy) is 1. The standard InChI is InChI=1S/C16H16FN3OS/c1-10-18-19-15-8-21-7-14-12(9-22-16(14)20(10)15)6-11-2-4-13(17)5-3-11/h2,4-5,9,11H,3,6-8H2,1H3. The van der Waals surface area contributed by atoms with Gasteiger partial charge in [0.15, 0.2) is 5.82 Å². The lowest BCUT2D eigenvalue weighted by atomic mass is 9.92. The van der Waals surface area contributed by atoms with E-state index >= 15 is 0 Å². The van der Waals surface area contributed by atoms with Crippen LogP contribution in [0.1, 0.15) is 29.2 Å². The van der Waals surface area contributed by atoms with E-state index in [0.717, 1.165) is 29.5 Å². The Morgan fingerprint density at radius 2 is 2.32 bits per heavy atom. The van der Waals surface area contributed by atoms with Crippen LogP contribution in [-0.2, 0) is 24.4 Å². The SMILES string of the molecule is Cc1nnc2n1-c1scc(CC3C=CC(F)=CC3)c1COC2. The molecule has 1 aliphatic heterocycles. The zero-order valence-corrected chi connectivity index (χ0v) is 13.1. The second kappa shape index (κ2) is 5.44. The summed E-state index contributed by atoms with van der Waals surface area (Å²) in [5.41, 5.74) is 2.50. The van der Waals surface area contributed by atoms with E-state index in [4.69, 9.17) is 4.74 Å². The molecule has 2 aromatic heterocycles. The Hall–Kier alpha value is -1.79. The molecule has 0 aromatic carbocycles. The second-order valence-electron chi connectivity index (χ2n) is 5.68. The Morgan fingerprint density at radius 3 is 3.14 bits per heavy atom. The molecule has 0 bridgehead atoms. The van der Waals surface area contributed by atoms with Crippen LogP contribution in [0.15, 0.2) is 29.4 Å².